The fourth-order valence-corrected chi connectivity index (χ4v) is 2.16. The average Bonchev–Trinajstić information content (AvgIpc) is 2.59. The van der Waals surface area contributed by atoms with Crippen molar-refractivity contribution in [2.75, 3.05) is 18.1 Å². The SMILES string of the molecule is C=CCSCCNC(C)c1cnn(C)c1C. The van der Waals surface area contributed by atoms with Gasteiger partial charge in [0.2, 0.25) is 0 Å². The molecule has 1 atom stereocenters. The Bertz CT molecular complexity index is 333. The van der Waals surface area contributed by atoms with Crippen LogP contribution in [-0.4, -0.2) is 27.8 Å². The van der Waals surface area contributed by atoms with Crippen LogP contribution in [0.1, 0.15) is 24.2 Å². The third kappa shape index (κ3) is 3.68. The summed E-state index contributed by atoms with van der Waals surface area (Å²) in [5.41, 5.74) is 2.52. The van der Waals surface area contributed by atoms with E-state index in [1.807, 2.05) is 35.8 Å². The second kappa shape index (κ2) is 6.76. The van der Waals surface area contributed by atoms with Crippen molar-refractivity contribution < 1.29 is 0 Å². The summed E-state index contributed by atoms with van der Waals surface area (Å²) < 4.78 is 1.92. The van der Waals surface area contributed by atoms with E-state index in [0.717, 1.165) is 18.1 Å². The highest BCUT2D eigenvalue weighted by atomic mass is 32.2. The topological polar surface area (TPSA) is 29.9 Å². The molecule has 0 radical (unpaired) electrons. The summed E-state index contributed by atoms with van der Waals surface area (Å²) in [6.45, 7) is 9.01. The number of aryl methyl sites for hydroxylation is 1. The van der Waals surface area contributed by atoms with Crippen molar-refractivity contribution in [2.24, 2.45) is 7.05 Å². The zero-order chi connectivity index (χ0) is 12.0. The molecule has 1 aromatic heterocycles. The van der Waals surface area contributed by atoms with Crippen LogP contribution in [0.3, 0.4) is 0 Å². The zero-order valence-corrected chi connectivity index (χ0v) is 11.2. The molecule has 1 unspecified atom stereocenters. The highest BCUT2D eigenvalue weighted by Crippen LogP contribution is 2.15. The van der Waals surface area contributed by atoms with Crippen molar-refractivity contribution >= 4 is 11.8 Å². The second-order valence-corrected chi connectivity index (χ2v) is 5.00. The predicted octanol–water partition coefficient (Wildman–Crippen LogP) is 2.30. The highest BCUT2D eigenvalue weighted by molar-refractivity contribution is 7.99. The molecule has 0 saturated carbocycles. The minimum Gasteiger partial charge on any atom is -0.309 e. The number of hydrogen-bond donors (Lipinski definition) is 1. The van der Waals surface area contributed by atoms with E-state index in [9.17, 15) is 0 Å². The first kappa shape index (κ1) is 13.3. The first-order valence-corrected chi connectivity index (χ1v) is 6.72. The maximum absolute atomic E-state index is 4.25. The first-order chi connectivity index (χ1) is 7.66. The molecule has 1 N–H and O–H groups in total. The van der Waals surface area contributed by atoms with Crippen LogP contribution in [0.5, 0.6) is 0 Å². The highest BCUT2D eigenvalue weighted by Gasteiger charge is 2.10. The van der Waals surface area contributed by atoms with E-state index in [4.69, 9.17) is 0 Å². The number of rotatable bonds is 7. The van der Waals surface area contributed by atoms with Gasteiger partial charge in [-0.15, -0.1) is 6.58 Å². The maximum atomic E-state index is 4.25. The van der Waals surface area contributed by atoms with Gasteiger partial charge in [-0.1, -0.05) is 6.08 Å². The Hall–Kier alpha value is -0.740. The van der Waals surface area contributed by atoms with E-state index in [-0.39, 0.29) is 0 Å². The Labute approximate surface area is 102 Å². The molecule has 0 aliphatic heterocycles. The average molecular weight is 239 g/mol. The quantitative estimate of drug-likeness (QED) is 0.585. The number of nitrogens with one attached hydrogen (secondary N) is 1. The van der Waals surface area contributed by atoms with Crippen molar-refractivity contribution in [1.82, 2.24) is 15.1 Å². The molecular formula is C12H21N3S. The normalized spacial score (nSPS) is 12.7. The van der Waals surface area contributed by atoms with Crippen LogP contribution in [0.25, 0.3) is 0 Å². The van der Waals surface area contributed by atoms with Gasteiger partial charge in [0.15, 0.2) is 0 Å². The summed E-state index contributed by atoms with van der Waals surface area (Å²) in [4.78, 5) is 0. The van der Waals surface area contributed by atoms with Gasteiger partial charge in [-0.25, -0.2) is 0 Å². The van der Waals surface area contributed by atoms with Gasteiger partial charge in [-0.3, -0.25) is 4.68 Å². The summed E-state index contributed by atoms with van der Waals surface area (Å²) >= 11 is 1.90. The van der Waals surface area contributed by atoms with Crippen molar-refractivity contribution in [3.8, 4) is 0 Å². The standard InChI is InChI=1S/C12H21N3S/c1-5-7-16-8-6-13-10(2)12-9-14-15(4)11(12)3/h5,9-10,13H,1,6-8H2,2-4H3. The lowest BCUT2D eigenvalue weighted by atomic mass is 10.1. The van der Waals surface area contributed by atoms with Crippen LogP contribution in [0.15, 0.2) is 18.9 Å². The van der Waals surface area contributed by atoms with Gasteiger partial charge in [-0.05, 0) is 13.8 Å². The van der Waals surface area contributed by atoms with Gasteiger partial charge in [0.05, 0.1) is 6.20 Å². The molecule has 16 heavy (non-hydrogen) atoms. The minimum atomic E-state index is 0.373. The van der Waals surface area contributed by atoms with Gasteiger partial charge in [-0.2, -0.15) is 16.9 Å². The molecule has 0 bridgehead atoms. The fourth-order valence-electron chi connectivity index (χ4n) is 1.57. The molecule has 0 saturated heterocycles. The lowest BCUT2D eigenvalue weighted by molar-refractivity contribution is 0.596. The summed E-state index contributed by atoms with van der Waals surface area (Å²) in [5, 5.41) is 7.76. The number of nitrogens with zero attached hydrogens (tertiary/aromatic N) is 2. The van der Waals surface area contributed by atoms with Crippen molar-refractivity contribution in [1.29, 1.82) is 0 Å². The van der Waals surface area contributed by atoms with E-state index >= 15 is 0 Å². The second-order valence-electron chi connectivity index (χ2n) is 3.85. The maximum Gasteiger partial charge on any atom is 0.0540 e. The van der Waals surface area contributed by atoms with E-state index in [2.05, 4.69) is 30.8 Å². The predicted molar refractivity (Wildman–Crippen MR) is 71.9 cm³/mol. The summed E-state index contributed by atoms with van der Waals surface area (Å²) in [5.74, 6) is 2.15. The molecule has 1 heterocycles. The van der Waals surface area contributed by atoms with Gasteiger partial charge in [0.1, 0.15) is 0 Å². The molecule has 1 rings (SSSR count). The zero-order valence-electron chi connectivity index (χ0n) is 10.4. The lowest BCUT2D eigenvalue weighted by Crippen LogP contribution is -2.21. The van der Waals surface area contributed by atoms with Gasteiger partial charge >= 0.3 is 0 Å². The minimum absolute atomic E-state index is 0.373. The van der Waals surface area contributed by atoms with Crippen LogP contribution >= 0.6 is 11.8 Å². The van der Waals surface area contributed by atoms with Crippen molar-refractivity contribution in [3.05, 3.63) is 30.1 Å². The number of thioether (sulfide) groups is 1. The van der Waals surface area contributed by atoms with Crippen LogP contribution in [0, 0.1) is 6.92 Å². The van der Waals surface area contributed by atoms with Crippen molar-refractivity contribution in [3.63, 3.8) is 0 Å². The summed E-state index contributed by atoms with van der Waals surface area (Å²) in [7, 11) is 1.98. The molecule has 3 nitrogen and oxygen atoms in total. The van der Waals surface area contributed by atoms with Crippen LogP contribution in [0.2, 0.25) is 0 Å². The molecule has 1 aromatic rings. The molecule has 4 heteroatoms. The van der Waals surface area contributed by atoms with Gasteiger partial charge in [0, 0.05) is 42.4 Å². The van der Waals surface area contributed by atoms with Crippen molar-refractivity contribution in [2.45, 2.75) is 19.9 Å². The Kier molecular flexibility index (Phi) is 5.63. The third-order valence-corrected chi connectivity index (χ3v) is 3.64. The van der Waals surface area contributed by atoms with Crippen LogP contribution < -0.4 is 5.32 Å². The Morgan fingerprint density at radius 2 is 2.44 bits per heavy atom. The Morgan fingerprint density at radius 3 is 3.00 bits per heavy atom. The summed E-state index contributed by atoms with van der Waals surface area (Å²) in [6.07, 6.45) is 3.89. The van der Waals surface area contributed by atoms with Crippen LogP contribution in [-0.2, 0) is 7.05 Å². The van der Waals surface area contributed by atoms with E-state index in [1.54, 1.807) is 0 Å². The molecule has 0 spiro atoms. The van der Waals surface area contributed by atoms with Gasteiger partial charge in [0.25, 0.3) is 0 Å². The van der Waals surface area contributed by atoms with Crippen LogP contribution in [0.4, 0.5) is 0 Å². The largest absolute Gasteiger partial charge is 0.309 e. The molecule has 0 aromatic carbocycles. The molecule has 0 fully saturated rings. The Balaban J connectivity index is 2.32. The van der Waals surface area contributed by atoms with Gasteiger partial charge < -0.3 is 5.32 Å². The fraction of sp³-hybridized carbons (Fsp3) is 0.583. The molecular weight excluding hydrogens is 218 g/mol. The van der Waals surface area contributed by atoms with E-state index in [1.165, 1.54) is 11.3 Å². The monoisotopic (exact) mass is 239 g/mol. The van der Waals surface area contributed by atoms with E-state index < -0.39 is 0 Å². The van der Waals surface area contributed by atoms with E-state index in [0.29, 0.717) is 6.04 Å². The lowest BCUT2D eigenvalue weighted by Gasteiger charge is -2.13. The molecule has 90 valence electrons. The first-order valence-electron chi connectivity index (χ1n) is 5.57. The molecule has 0 amide bonds. The number of aromatic nitrogens is 2. The third-order valence-electron chi connectivity index (χ3n) is 2.67. The molecule has 0 aliphatic rings. The number of hydrogen-bond acceptors (Lipinski definition) is 3. The summed E-state index contributed by atoms with van der Waals surface area (Å²) in [6, 6.07) is 0.373. The molecule has 0 aliphatic carbocycles. The Morgan fingerprint density at radius 1 is 1.69 bits per heavy atom. The smallest absolute Gasteiger partial charge is 0.0540 e.